The summed E-state index contributed by atoms with van der Waals surface area (Å²) < 4.78 is 48.6. The number of benzene rings is 2. The van der Waals surface area contributed by atoms with Gasteiger partial charge in [-0.05, 0) is 42.0 Å². The molecule has 2 N–H and O–H groups in total. The van der Waals surface area contributed by atoms with Crippen LogP contribution in [0.4, 0.5) is 18.9 Å². The van der Waals surface area contributed by atoms with E-state index in [1.165, 1.54) is 35.0 Å². The Balaban J connectivity index is 1.95. The SMILES string of the molecule is CN=Cc1cc(-n2nc3ccc(OCCF)nc3c(-c3ccc(OC(F)F)cc3)c2=O)ccc1N. The van der Waals surface area contributed by atoms with Crippen LogP contribution in [0.2, 0.25) is 0 Å². The minimum absolute atomic E-state index is 0.0654. The summed E-state index contributed by atoms with van der Waals surface area (Å²) in [5.74, 6) is 0.0475. The lowest BCUT2D eigenvalue weighted by atomic mass is 10.1. The molecule has 35 heavy (non-hydrogen) atoms. The van der Waals surface area contributed by atoms with Crippen molar-refractivity contribution in [1.82, 2.24) is 14.8 Å². The molecule has 0 aliphatic heterocycles. The number of alkyl halides is 3. The average Bonchev–Trinajstić information content (AvgIpc) is 2.84. The van der Waals surface area contributed by atoms with Crippen molar-refractivity contribution in [3.63, 3.8) is 0 Å². The molecule has 0 saturated heterocycles. The van der Waals surface area contributed by atoms with Crippen molar-refractivity contribution in [1.29, 1.82) is 0 Å². The summed E-state index contributed by atoms with van der Waals surface area (Å²) in [6.45, 7) is -3.90. The van der Waals surface area contributed by atoms with Crippen LogP contribution in [0.1, 0.15) is 5.56 Å². The smallest absolute Gasteiger partial charge is 0.387 e. The number of aromatic nitrogens is 3. The van der Waals surface area contributed by atoms with Gasteiger partial charge in [0.2, 0.25) is 5.88 Å². The van der Waals surface area contributed by atoms with E-state index in [4.69, 9.17) is 10.5 Å². The first-order valence-corrected chi connectivity index (χ1v) is 10.4. The molecule has 0 amide bonds. The maximum Gasteiger partial charge on any atom is 0.387 e. The summed E-state index contributed by atoms with van der Waals surface area (Å²) in [7, 11) is 1.60. The fraction of sp³-hybridized carbons (Fsp3) is 0.167. The molecule has 0 aliphatic rings. The van der Waals surface area contributed by atoms with Crippen LogP contribution in [0.3, 0.4) is 0 Å². The van der Waals surface area contributed by atoms with Gasteiger partial charge in [0, 0.05) is 30.6 Å². The summed E-state index contributed by atoms with van der Waals surface area (Å²) in [4.78, 5) is 22.0. The highest BCUT2D eigenvalue weighted by molar-refractivity contribution is 5.91. The quantitative estimate of drug-likeness (QED) is 0.300. The third-order valence-electron chi connectivity index (χ3n) is 4.98. The highest BCUT2D eigenvalue weighted by atomic mass is 19.3. The third kappa shape index (κ3) is 5.08. The number of aliphatic imine (C=N–C) groups is 1. The second kappa shape index (κ2) is 10.2. The molecule has 2 heterocycles. The first-order chi connectivity index (χ1) is 16.9. The van der Waals surface area contributed by atoms with Crippen LogP contribution >= 0.6 is 0 Å². The maximum atomic E-state index is 13.7. The molecule has 4 rings (SSSR count). The van der Waals surface area contributed by atoms with Crippen LogP contribution in [0.15, 0.2) is 64.4 Å². The Kier molecular flexibility index (Phi) is 6.95. The van der Waals surface area contributed by atoms with E-state index in [1.54, 1.807) is 37.5 Å². The fourth-order valence-electron chi connectivity index (χ4n) is 3.47. The maximum absolute atomic E-state index is 13.7. The number of nitrogens with zero attached hydrogens (tertiary/aromatic N) is 4. The highest BCUT2D eigenvalue weighted by Gasteiger charge is 2.18. The molecular weight excluding hydrogens is 463 g/mol. The van der Waals surface area contributed by atoms with Gasteiger partial charge in [0.15, 0.2) is 0 Å². The van der Waals surface area contributed by atoms with Crippen molar-refractivity contribution >= 4 is 22.9 Å². The summed E-state index contributed by atoms with van der Waals surface area (Å²) >= 11 is 0. The van der Waals surface area contributed by atoms with Crippen molar-refractivity contribution in [2.24, 2.45) is 4.99 Å². The summed E-state index contributed by atoms with van der Waals surface area (Å²) in [6, 6.07) is 13.6. The van der Waals surface area contributed by atoms with E-state index in [1.807, 2.05) is 0 Å². The predicted octanol–water partition coefficient (Wildman–Crippen LogP) is 4.03. The number of halogens is 3. The number of ether oxygens (including phenoxy) is 2. The molecule has 0 fully saturated rings. The van der Waals surface area contributed by atoms with E-state index in [-0.39, 0.29) is 29.3 Å². The highest BCUT2D eigenvalue weighted by Crippen LogP contribution is 2.28. The van der Waals surface area contributed by atoms with Gasteiger partial charge in [-0.3, -0.25) is 9.79 Å². The molecule has 2 aromatic carbocycles. The number of hydrogen-bond acceptors (Lipinski definition) is 7. The van der Waals surface area contributed by atoms with Crippen LogP contribution in [-0.4, -0.2) is 47.9 Å². The van der Waals surface area contributed by atoms with E-state index >= 15 is 0 Å². The Bertz CT molecular complexity index is 1440. The zero-order valence-electron chi connectivity index (χ0n) is 18.5. The molecule has 2 aromatic heterocycles. The Morgan fingerprint density at radius 1 is 1.14 bits per heavy atom. The Morgan fingerprint density at radius 3 is 2.60 bits per heavy atom. The van der Waals surface area contributed by atoms with Gasteiger partial charge in [-0.15, -0.1) is 0 Å². The Labute approximate surface area is 197 Å². The molecule has 0 aliphatic carbocycles. The van der Waals surface area contributed by atoms with Crippen LogP contribution in [-0.2, 0) is 0 Å². The summed E-state index contributed by atoms with van der Waals surface area (Å²) in [5, 5.41) is 4.44. The second-order valence-corrected chi connectivity index (χ2v) is 7.25. The minimum atomic E-state index is -2.98. The minimum Gasteiger partial charge on any atom is -0.475 e. The van der Waals surface area contributed by atoms with Gasteiger partial charge in [0.1, 0.15) is 30.1 Å². The average molecular weight is 483 g/mol. The molecule has 8 nitrogen and oxygen atoms in total. The topological polar surface area (TPSA) is 105 Å². The molecule has 0 spiro atoms. The van der Waals surface area contributed by atoms with Gasteiger partial charge in [-0.25, -0.2) is 9.37 Å². The molecule has 0 atom stereocenters. The molecule has 0 unspecified atom stereocenters. The number of nitrogen functional groups attached to an aromatic ring is 1. The van der Waals surface area contributed by atoms with Crippen LogP contribution in [0.25, 0.3) is 27.8 Å². The number of pyridine rings is 1. The lowest BCUT2D eigenvalue weighted by Gasteiger charge is -2.13. The van der Waals surface area contributed by atoms with E-state index in [2.05, 4.69) is 19.8 Å². The summed E-state index contributed by atoms with van der Waals surface area (Å²) in [6.07, 6.45) is 1.56. The molecule has 0 saturated carbocycles. The first kappa shape index (κ1) is 23.7. The predicted molar refractivity (Wildman–Crippen MR) is 127 cm³/mol. The van der Waals surface area contributed by atoms with Crippen LogP contribution < -0.4 is 20.8 Å². The largest absolute Gasteiger partial charge is 0.475 e. The van der Waals surface area contributed by atoms with E-state index < -0.39 is 18.8 Å². The van der Waals surface area contributed by atoms with Crippen molar-refractivity contribution < 1.29 is 22.6 Å². The standard InChI is InChI=1S/C24H20F3N5O3/c1-29-13-15-12-16(4-7-18(15)28)32-23(33)21(14-2-5-17(6-3-14)35-24(26)27)22-19(31-32)8-9-20(30-22)34-11-10-25/h2-9,12-13,24H,10-11,28H2,1H3. The van der Waals surface area contributed by atoms with E-state index in [9.17, 15) is 18.0 Å². The zero-order valence-corrected chi connectivity index (χ0v) is 18.5. The van der Waals surface area contributed by atoms with Crippen molar-refractivity contribution in [2.75, 3.05) is 26.1 Å². The van der Waals surface area contributed by atoms with Crippen molar-refractivity contribution in [3.8, 4) is 28.4 Å². The fourth-order valence-corrected chi connectivity index (χ4v) is 3.47. The van der Waals surface area contributed by atoms with Crippen LogP contribution in [0, 0.1) is 0 Å². The van der Waals surface area contributed by atoms with Gasteiger partial charge in [0.05, 0.1) is 11.3 Å². The molecule has 4 aromatic rings. The molecule has 0 bridgehead atoms. The second-order valence-electron chi connectivity index (χ2n) is 7.25. The van der Waals surface area contributed by atoms with Crippen molar-refractivity contribution in [3.05, 3.63) is 70.5 Å². The van der Waals surface area contributed by atoms with Gasteiger partial charge in [-0.1, -0.05) is 12.1 Å². The zero-order chi connectivity index (χ0) is 24.9. The molecule has 11 heteroatoms. The number of anilines is 1. The lowest BCUT2D eigenvalue weighted by Crippen LogP contribution is -2.24. The van der Waals surface area contributed by atoms with Gasteiger partial charge in [0.25, 0.3) is 5.56 Å². The van der Waals surface area contributed by atoms with Crippen molar-refractivity contribution in [2.45, 2.75) is 6.61 Å². The lowest BCUT2D eigenvalue weighted by molar-refractivity contribution is -0.0498. The summed E-state index contributed by atoms with van der Waals surface area (Å²) in [5.41, 5.74) is 8.05. The first-order valence-electron chi connectivity index (χ1n) is 10.4. The van der Waals surface area contributed by atoms with Gasteiger partial charge < -0.3 is 15.2 Å². The van der Waals surface area contributed by atoms with Crippen LogP contribution in [0.5, 0.6) is 11.6 Å². The number of rotatable bonds is 8. The molecule has 180 valence electrons. The van der Waals surface area contributed by atoms with E-state index in [0.29, 0.717) is 28.0 Å². The monoisotopic (exact) mass is 483 g/mol. The van der Waals surface area contributed by atoms with Gasteiger partial charge >= 0.3 is 6.61 Å². The van der Waals surface area contributed by atoms with E-state index in [0.717, 1.165) is 0 Å². The van der Waals surface area contributed by atoms with Gasteiger partial charge in [-0.2, -0.15) is 18.6 Å². The Hall–Kier alpha value is -4.41. The third-order valence-corrected chi connectivity index (χ3v) is 4.98. The normalized spacial score (nSPS) is 11.5. The number of hydrogen-bond donors (Lipinski definition) is 1. The molecule has 0 radical (unpaired) electrons. The Morgan fingerprint density at radius 2 is 1.91 bits per heavy atom. The number of nitrogens with two attached hydrogens (primary N) is 1. The molecular formula is C24H20F3N5O3. The number of fused-ring (bicyclic) bond motifs is 1.